The molecule has 8 nitrogen and oxygen atoms in total. The maximum Gasteiger partial charge on any atom is 0.168 e. The quantitative estimate of drug-likeness (QED) is 0.433. The SMILES string of the molecule is Fc1cnc(Nc2cc(-c3nc(N4CC5=CNCC5C4)c4c(C5CC5)cncc4n3)ccn2)c(F)c1. The van der Waals surface area contributed by atoms with Crippen LogP contribution in [0.4, 0.5) is 26.2 Å². The molecule has 1 aliphatic carbocycles. The third kappa shape index (κ3) is 3.69. The molecule has 0 aromatic carbocycles. The van der Waals surface area contributed by atoms with Gasteiger partial charge in [-0.1, -0.05) is 0 Å². The van der Waals surface area contributed by atoms with Crippen LogP contribution < -0.4 is 15.5 Å². The molecule has 10 heteroatoms. The zero-order valence-corrected chi connectivity index (χ0v) is 19.2. The Labute approximate surface area is 205 Å². The summed E-state index contributed by atoms with van der Waals surface area (Å²) in [5.41, 5.74) is 4.14. The number of hydrogen-bond donors (Lipinski definition) is 2. The Bertz CT molecular complexity index is 1530. The lowest BCUT2D eigenvalue weighted by molar-refractivity contribution is 0.576. The van der Waals surface area contributed by atoms with Gasteiger partial charge >= 0.3 is 0 Å². The second kappa shape index (κ2) is 8.18. The predicted molar refractivity (Wildman–Crippen MR) is 132 cm³/mol. The Morgan fingerprint density at radius 3 is 2.78 bits per heavy atom. The molecular formula is C26H22F2N8. The van der Waals surface area contributed by atoms with Gasteiger partial charge in [0.2, 0.25) is 0 Å². The third-order valence-electron chi connectivity index (χ3n) is 7.00. The highest BCUT2D eigenvalue weighted by Crippen LogP contribution is 2.45. The van der Waals surface area contributed by atoms with Crippen LogP contribution in [0.1, 0.15) is 24.3 Å². The molecule has 4 aromatic heterocycles. The van der Waals surface area contributed by atoms with Crippen molar-refractivity contribution in [3.05, 3.63) is 72.0 Å². The number of halogens is 2. The first-order valence-electron chi connectivity index (χ1n) is 12.0. The molecule has 0 radical (unpaired) electrons. The molecule has 1 atom stereocenters. The Balaban J connectivity index is 1.31. The van der Waals surface area contributed by atoms with E-state index in [1.54, 1.807) is 18.5 Å². The van der Waals surface area contributed by atoms with Crippen molar-refractivity contribution in [3.63, 3.8) is 0 Å². The summed E-state index contributed by atoms with van der Waals surface area (Å²) in [7, 11) is 0. The number of rotatable bonds is 5. The van der Waals surface area contributed by atoms with Crippen LogP contribution in [0.3, 0.4) is 0 Å². The summed E-state index contributed by atoms with van der Waals surface area (Å²) in [6.07, 6.45) is 10.8. The number of aromatic nitrogens is 5. The van der Waals surface area contributed by atoms with Crippen molar-refractivity contribution in [1.29, 1.82) is 0 Å². The molecule has 6 heterocycles. The van der Waals surface area contributed by atoms with E-state index in [9.17, 15) is 8.78 Å². The van der Waals surface area contributed by atoms with Crippen LogP contribution in [0, 0.1) is 17.6 Å². The van der Waals surface area contributed by atoms with Gasteiger partial charge in [0.25, 0.3) is 0 Å². The number of pyridine rings is 3. The zero-order valence-electron chi connectivity index (χ0n) is 19.2. The van der Waals surface area contributed by atoms with Gasteiger partial charge in [0.05, 0.1) is 17.9 Å². The van der Waals surface area contributed by atoms with Gasteiger partial charge in [0, 0.05) is 55.0 Å². The molecule has 36 heavy (non-hydrogen) atoms. The summed E-state index contributed by atoms with van der Waals surface area (Å²) in [6, 6.07) is 4.32. The van der Waals surface area contributed by atoms with Gasteiger partial charge in [-0.2, -0.15) is 0 Å². The van der Waals surface area contributed by atoms with E-state index in [2.05, 4.69) is 36.7 Å². The van der Waals surface area contributed by atoms with Crippen LogP contribution >= 0.6 is 0 Å². The van der Waals surface area contributed by atoms with E-state index in [0.717, 1.165) is 67.0 Å². The molecule has 7 rings (SSSR count). The standard InChI is InChI=1S/C26H22F2N8/c27-18-6-20(28)25(32-9-18)34-22-5-15(3-4-31-22)24-33-21-11-30-10-19(14-1-2-14)23(21)26(35-24)36-12-16-7-29-8-17(16)13-36/h3-7,9-11,14,17,29H,1-2,8,12-13H2,(H,31,32,34). The maximum atomic E-state index is 14.1. The fraction of sp³-hybridized carbons (Fsp3) is 0.269. The minimum Gasteiger partial charge on any atom is -0.390 e. The number of fused-ring (bicyclic) bond motifs is 2. The van der Waals surface area contributed by atoms with Gasteiger partial charge < -0.3 is 15.5 Å². The highest BCUT2D eigenvalue weighted by Gasteiger charge is 2.34. The minimum absolute atomic E-state index is 0.107. The van der Waals surface area contributed by atoms with Gasteiger partial charge in [-0.25, -0.2) is 28.7 Å². The topological polar surface area (TPSA) is 91.8 Å². The van der Waals surface area contributed by atoms with E-state index in [4.69, 9.17) is 9.97 Å². The van der Waals surface area contributed by atoms with Gasteiger partial charge in [-0.05, 0) is 48.2 Å². The van der Waals surface area contributed by atoms with E-state index < -0.39 is 11.6 Å². The zero-order chi connectivity index (χ0) is 24.2. The van der Waals surface area contributed by atoms with E-state index in [1.165, 1.54) is 11.1 Å². The van der Waals surface area contributed by atoms with Crippen molar-refractivity contribution >= 4 is 28.4 Å². The van der Waals surface area contributed by atoms with Crippen molar-refractivity contribution in [3.8, 4) is 11.4 Å². The molecule has 1 unspecified atom stereocenters. The highest BCUT2D eigenvalue weighted by molar-refractivity contribution is 5.94. The summed E-state index contributed by atoms with van der Waals surface area (Å²) in [5, 5.41) is 7.24. The Hall–Kier alpha value is -4.21. The first kappa shape index (κ1) is 21.1. The summed E-state index contributed by atoms with van der Waals surface area (Å²) >= 11 is 0. The van der Waals surface area contributed by atoms with Crippen LogP contribution in [-0.4, -0.2) is 44.6 Å². The number of nitrogens with zero attached hydrogens (tertiary/aromatic N) is 6. The lowest BCUT2D eigenvalue weighted by Crippen LogP contribution is -2.25. The maximum absolute atomic E-state index is 14.1. The second-order valence-electron chi connectivity index (χ2n) is 9.51. The molecule has 0 bridgehead atoms. The number of anilines is 3. The second-order valence-corrected chi connectivity index (χ2v) is 9.51. The fourth-order valence-corrected chi connectivity index (χ4v) is 5.07. The Morgan fingerprint density at radius 2 is 1.94 bits per heavy atom. The van der Waals surface area contributed by atoms with Crippen LogP contribution in [-0.2, 0) is 0 Å². The Morgan fingerprint density at radius 1 is 1.03 bits per heavy atom. The molecule has 1 saturated carbocycles. The number of nitrogens with one attached hydrogen (secondary N) is 2. The van der Waals surface area contributed by atoms with E-state index >= 15 is 0 Å². The van der Waals surface area contributed by atoms with Gasteiger partial charge in [-0.3, -0.25) is 4.98 Å². The molecule has 0 spiro atoms. The molecule has 2 aliphatic heterocycles. The normalized spacial score (nSPS) is 18.8. The van der Waals surface area contributed by atoms with Gasteiger partial charge in [-0.15, -0.1) is 0 Å². The molecular weight excluding hydrogens is 462 g/mol. The summed E-state index contributed by atoms with van der Waals surface area (Å²) < 4.78 is 27.4. The number of hydrogen-bond acceptors (Lipinski definition) is 8. The first-order valence-corrected chi connectivity index (χ1v) is 12.0. The van der Waals surface area contributed by atoms with Crippen LogP contribution in [0.15, 0.2) is 54.8 Å². The molecule has 2 N–H and O–H groups in total. The van der Waals surface area contributed by atoms with E-state index in [-0.39, 0.29) is 5.82 Å². The molecule has 4 aromatic rings. The minimum atomic E-state index is -0.798. The first-order chi connectivity index (χ1) is 17.6. The summed E-state index contributed by atoms with van der Waals surface area (Å²) in [5.74, 6) is 1.16. The van der Waals surface area contributed by atoms with E-state index in [0.29, 0.717) is 23.5 Å². The van der Waals surface area contributed by atoms with Crippen molar-refractivity contribution in [2.75, 3.05) is 29.9 Å². The van der Waals surface area contributed by atoms with Gasteiger partial charge in [0.1, 0.15) is 17.5 Å². The molecule has 0 amide bonds. The van der Waals surface area contributed by atoms with Crippen molar-refractivity contribution in [2.24, 2.45) is 5.92 Å². The largest absolute Gasteiger partial charge is 0.390 e. The molecule has 3 aliphatic rings. The van der Waals surface area contributed by atoms with Crippen LogP contribution in [0.25, 0.3) is 22.3 Å². The van der Waals surface area contributed by atoms with E-state index in [1.807, 2.05) is 12.3 Å². The average Bonchev–Trinajstić information content (AvgIpc) is 3.51. The lowest BCUT2D eigenvalue weighted by atomic mass is 10.1. The lowest BCUT2D eigenvalue weighted by Gasteiger charge is -2.22. The molecule has 180 valence electrons. The smallest absolute Gasteiger partial charge is 0.168 e. The van der Waals surface area contributed by atoms with Crippen molar-refractivity contribution in [2.45, 2.75) is 18.8 Å². The molecule has 2 fully saturated rings. The van der Waals surface area contributed by atoms with Crippen LogP contribution in [0.5, 0.6) is 0 Å². The monoisotopic (exact) mass is 484 g/mol. The van der Waals surface area contributed by atoms with Crippen LogP contribution in [0.2, 0.25) is 0 Å². The fourth-order valence-electron chi connectivity index (χ4n) is 5.07. The summed E-state index contributed by atoms with van der Waals surface area (Å²) in [6.45, 7) is 2.68. The average molecular weight is 485 g/mol. The van der Waals surface area contributed by atoms with Gasteiger partial charge in [0.15, 0.2) is 17.5 Å². The van der Waals surface area contributed by atoms with Crippen molar-refractivity contribution < 1.29 is 8.78 Å². The predicted octanol–water partition coefficient (Wildman–Crippen LogP) is 4.30. The Kier molecular flexibility index (Phi) is 4.80. The third-order valence-corrected chi connectivity index (χ3v) is 7.00. The molecule has 1 saturated heterocycles. The highest BCUT2D eigenvalue weighted by atomic mass is 19.1. The van der Waals surface area contributed by atoms with Crippen molar-refractivity contribution in [1.82, 2.24) is 30.2 Å². The summed E-state index contributed by atoms with van der Waals surface area (Å²) in [4.78, 5) is 24.8.